The van der Waals surface area contributed by atoms with Gasteiger partial charge in [0.1, 0.15) is 41.9 Å². The SMILES string of the molecule is C[Si](C)(C)CCOCn1cc(C#N)c2c(N3CCC[C@H]3c3nn4ccc(Cl)c4c(=O)n3-c3ccccn3)ncnc21. The number of ether oxygens (including phenoxy) is 1. The second-order valence-corrected chi connectivity index (χ2v) is 17.4. The van der Waals surface area contributed by atoms with E-state index in [1.807, 2.05) is 10.6 Å². The van der Waals surface area contributed by atoms with Gasteiger partial charge >= 0.3 is 0 Å². The van der Waals surface area contributed by atoms with E-state index >= 15 is 0 Å². The number of nitrogens with zero attached hydrogens (tertiary/aromatic N) is 9. The normalized spacial score (nSPS) is 15.7. The minimum Gasteiger partial charge on any atom is -0.361 e. The fourth-order valence-corrected chi connectivity index (χ4v) is 6.29. The standard InChI is InChI=1S/C28H30ClN9O2Si/c1-41(2,3)14-13-40-18-35-16-19(15-30)23-26(35)32-17-33-27(23)36-11-6-7-21(36)25-34-37-12-9-20(29)24(37)28(39)38(25)22-8-4-5-10-31-22/h4-5,8-10,12,16-17,21H,6-7,11,13-14,18H2,1-3H3/t21-/m0/s1. The summed E-state index contributed by atoms with van der Waals surface area (Å²) in [7, 11) is -1.23. The van der Waals surface area contributed by atoms with Gasteiger partial charge in [0.15, 0.2) is 5.82 Å². The van der Waals surface area contributed by atoms with E-state index in [1.165, 1.54) is 15.4 Å². The van der Waals surface area contributed by atoms with Gasteiger partial charge in [-0.2, -0.15) is 10.4 Å². The minimum atomic E-state index is -1.23. The van der Waals surface area contributed by atoms with E-state index in [-0.39, 0.29) is 17.1 Å². The lowest BCUT2D eigenvalue weighted by Gasteiger charge is -2.27. The Hall–Kier alpha value is -4.05. The molecule has 5 aromatic heterocycles. The summed E-state index contributed by atoms with van der Waals surface area (Å²) in [5.74, 6) is 1.60. The fourth-order valence-electron chi connectivity index (χ4n) is 5.31. The summed E-state index contributed by atoms with van der Waals surface area (Å²) in [6.45, 7) is 8.56. The highest BCUT2D eigenvalue weighted by molar-refractivity contribution is 6.76. The van der Waals surface area contributed by atoms with Gasteiger partial charge < -0.3 is 14.2 Å². The average Bonchev–Trinajstić information content (AvgIpc) is 3.68. The molecule has 6 heterocycles. The number of hydrogen-bond acceptors (Lipinski definition) is 8. The van der Waals surface area contributed by atoms with E-state index in [0.29, 0.717) is 59.0 Å². The number of nitriles is 1. The van der Waals surface area contributed by atoms with Crippen LogP contribution in [0, 0.1) is 11.3 Å². The van der Waals surface area contributed by atoms with Crippen LogP contribution in [-0.4, -0.2) is 54.9 Å². The summed E-state index contributed by atoms with van der Waals surface area (Å²) in [5.41, 5.74) is 1.08. The maximum absolute atomic E-state index is 13.8. The van der Waals surface area contributed by atoms with Crippen molar-refractivity contribution in [3.63, 3.8) is 0 Å². The van der Waals surface area contributed by atoms with E-state index in [4.69, 9.17) is 21.4 Å². The van der Waals surface area contributed by atoms with Crippen molar-refractivity contribution in [2.75, 3.05) is 18.1 Å². The lowest BCUT2D eigenvalue weighted by molar-refractivity contribution is 0.0898. The molecule has 1 fully saturated rings. The Morgan fingerprint density at radius 3 is 2.80 bits per heavy atom. The van der Waals surface area contributed by atoms with Crippen molar-refractivity contribution >= 4 is 42.0 Å². The van der Waals surface area contributed by atoms with Crippen LogP contribution in [0.4, 0.5) is 5.82 Å². The molecular formula is C28H30ClN9O2Si. The Morgan fingerprint density at radius 2 is 2.05 bits per heavy atom. The molecule has 1 aliphatic rings. The van der Waals surface area contributed by atoms with Gasteiger partial charge in [-0.25, -0.2) is 24.0 Å². The molecule has 0 unspecified atom stereocenters. The molecule has 0 aromatic carbocycles. The van der Waals surface area contributed by atoms with Gasteiger partial charge in [0.2, 0.25) is 0 Å². The number of rotatable bonds is 8. The molecule has 0 saturated carbocycles. The van der Waals surface area contributed by atoms with Crippen molar-refractivity contribution in [1.29, 1.82) is 5.26 Å². The second kappa shape index (κ2) is 10.7. The smallest absolute Gasteiger partial charge is 0.285 e. The summed E-state index contributed by atoms with van der Waals surface area (Å²) in [6.07, 6.45) is 8.20. The average molecular weight is 588 g/mol. The van der Waals surface area contributed by atoms with E-state index < -0.39 is 8.07 Å². The third-order valence-corrected chi connectivity index (χ3v) is 9.35. The summed E-state index contributed by atoms with van der Waals surface area (Å²) < 4.78 is 10.9. The molecule has 0 amide bonds. The molecule has 1 aliphatic heterocycles. The Morgan fingerprint density at radius 1 is 1.20 bits per heavy atom. The van der Waals surface area contributed by atoms with Crippen LogP contribution in [0.5, 0.6) is 0 Å². The summed E-state index contributed by atoms with van der Waals surface area (Å²) in [5, 5.41) is 15.9. The lowest BCUT2D eigenvalue weighted by atomic mass is 10.1. The fraction of sp³-hybridized carbons (Fsp3) is 0.357. The summed E-state index contributed by atoms with van der Waals surface area (Å²) in [4.78, 5) is 29.6. The largest absolute Gasteiger partial charge is 0.361 e. The van der Waals surface area contributed by atoms with Gasteiger partial charge in [-0.3, -0.25) is 4.79 Å². The third kappa shape index (κ3) is 5.01. The Balaban J connectivity index is 1.44. The Labute approximate surface area is 242 Å². The van der Waals surface area contributed by atoms with Crippen LogP contribution in [-0.2, 0) is 11.5 Å². The maximum Gasteiger partial charge on any atom is 0.285 e. The zero-order valence-corrected chi connectivity index (χ0v) is 24.9. The predicted octanol–water partition coefficient (Wildman–Crippen LogP) is 4.80. The zero-order valence-electron chi connectivity index (χ0n) is 23.2. The van der Waals surface area contributed by atoms with Crippen LogP contribution in [0.25, 0.3) is 22.4 Å². The van der Waals surface area contributed by atoms with Crippen LogP contribution in [0.3, 0.4) is 0 Å². The van der Waals surface area contributed by atoms with Crippen LogP contribution in [0.1, 0.15) is 30.3 Å². The highest BCUT2D eigenvalue weighted by atomic mass is 35.5. The van der Waals surface area contributed by atoms with Crippen molar-refractivity contribution < 1.29 is 4.74 Å². The highest BCUT2D eigenvalue weighted by Gasteiger charge is 2.34. The van der Waals surface area contributed by atoms with Crippen LogP contribution < -0.4 is 10.5 Å². The molecule has 0 N–H and O–H groups in total. The van der Waals surface area contributed by atoms with E-state index in [1.54, 1.807) is 36.8 Å². The van der Waals surface area contributed by atoms with E-state index in [9.17, 15) is 10.1 Å². The quantitative estimate of drug-likeness (QED) is 0.187. The number of hydrogen-bond donors (Lipinski definition) is 0. The molecule has 13 heteroatoms. The van der Waals surface area contributed by atoms with Gasteiger partial charge in [-0.1, -0.05) is 37.3 Å². The molecular weight excluding hydrogens is 558 g/mol. The van der Waals surface area contributed by atoms with Gasteiger partial charge in [-0.05, 0) is 37.1 Å². The molecule has 0 radical (unpaired) electrons. The number of anilines is 1. The Kier molecular flexibility index (Phi) is 7.10. The first kappa shape index (κ1) is 27.1. The molecule has 5 aromatic rings. The number of halogens is 1. The molecule has 0 bridgehead atoms. The monoisotopic (exact) mass is 587 g/mol. The molecule has 11 nitrogen and oxygen atoms in total. The van der Waals surface area contributed by atoms with Crippen molar-refractivity contribution in [3.8, 4) is 11.9 Å². The van der Waals surface area contributed by atoms with Gasteiger partial charge in [0, 0.05) is 39.8 Å². The molecule has 6 rings (SSSR count). The number of pyridine rings is 1. The first-order valence-corrected chi connectivity index (χ1v) is 17.6. The minimum absolute atomic E-state index is 0.285. The molecule has 41 heavy (non-hydrogen) atoms. The maximum atomic E-state index is 13.8. The Bertz CT molecular complexity index is 1840. The zero-order chi connectivity index (χ0) is 28.7. The first-order chi connectivity index (χ1) is 19.8. The molecule has 0 aliphatic carbocycles. The molecule has 0 spiro atoms. The second-order valence-electron chi connectivity index (χ2n) is 11.4. The summed E-state index contributed by atoms with van der Waals surface area (Å²) >= 11 is 6.38. The third-order valence-electron chi connectivity index (χ3n) is 7.34. The van der Waals surface area contributed by atoms with Crippen LogP contribution in [0.15, 0.2) is 54.0 Å². The predicted molar refractivity (Wildman–Crippen MR) is 159 cm³/mol. The van der Waals surface area contributed by atoms with Gasteiger partial charge in [-0.15, -0.1) is 0 Å². The summed E-state index contributed by atoms with van der Waals surface area (Å²) in [6, 6.07) is 10.1. The van der Waals surface area contributed by atoms with Gasteiger partial charge in [0.05, 0.1) is 22.0 Å². The van der Waals surface area contributed by atoms with E-state index in [0.717, 1.165) is 18.9 Å². The number of fused-ring (bicyclic) bond motifs is 2. The van der Waals surface area contributed by atoms with Crippen molar-refractivity contribution in [1.82, 2.24) is 33.7 Å². The van der Waals surface area contributed by atoms with Gasteiger partial charge in [0.25, 0.3) is 5.56 Å². The molecule has 210 valence electrons. The molecule has 1 saturated heterocycles. The highest BCUT2D eigenvalue weighted by Crippen LogP contribution is 2.39. The van der Waals surface area contributed by atoms with Crippen LogP contribution >= 0.6 is 11.6 Å². The van der Waals surface area contributed by atoms with E-state index in [2.05, 4.69) is 45.6 Å². The van der Waals surface area contributed by atoms with Crippen molar-refractivity contribution in [2.45, 2.75) is 51.3 Å². The van der Waals surface area contributed by atoms with Crippen molar-refractivity contribution in [2.24, 2.45) is 0 Å². The lowest BCUT2D eigenvalue weighted by Crippen LogP contribution is -2.33. The topological polar surface area (TPSA) is 119 Å². The number of aromatic nitrogens is 7. The van der Waals surface area contributed by atoms with Crippen molar-refractivity contribution in [3.05, 3.63) is 75.9 Å². The van der Waals surface area contributed by atoms with Crippen LogP contribution in [0.2, 0.25) is 30.7 Å². The first-order valence-electron chi connectivity index (χ1n) is 13.6. The molecule has 1 atom stereocenters.